The molecule has 24 heavy (non-hydrogen) atoms. The number of rotatable bonds is 2. The zero-order valence-electron chi connectivity index (χ0n) is 14.0. The predicted molar refractivity (Wildman–Crippen MR) is 99.5 cm³/mol. The van der Waals surface area contributed by atoms with Crippen molar-refractivity contribution in [2.24, 2.45) is 0 Å². The van der Waals surface area contributed by atoms with Crippen molar-refractivity contribution in [3.63, 3.8) is 0 Å². The van der Waals surface area contributed by atoms with Crippen LogP contribution in [0.5, 0.6) is 0 Å². The van der Waals surface area contributed by atoms with Crippen LogP contribution in [0.1, 0.15) is 11.4 Å². The van der Waals surface area contributed by atoms with E-state index in [0.717, 1.165) is 0 Å². The molecule has 0 spiro atoms. The Morgan fingerprint density at radius 1 is 0.542 bits per heavy atom. The summed E-state index contributed by atoms with van der Waals surface area (Å²) in [6.45, 7) is 4.35. The van der Waals surface area contributed by atoms with Crippen molar-refractivity contribution < 1.29 is 4.57 Å². The molecular weight excluding hydrogens is 290 g/mol. The Bertz CT molecular complexity index is 947. The lowest BCUT2D eigenvalue weighted by Gasteiger charge is -2.08. The van der Waals surface area contributed by atoms with Gasteiger partial charge in [-0.1, -0.05) is 60.7 Å². The molecule has 0 bridgehead atoms. The third-order valence-corrected chi connectivity index (χ3v) is 4.55. The first-order valence-electron chi connectivity index (χ1n) is 8.31. The van der Waals surface area contributed by atoms with Crippen LogP contribution in [-0.2, 0) is 0 Å². The minimum absolute atomic E-state index is 1.21. The molecule has 1 nitrogen and oxygen atoms in total. The Hall–Kier alpha value is -2.93. The molecule has 0 N–H and O–H groups in total. The largest absolute Gasteiger partial charge is 0.211 e. The van der Waals surface area contributed by atoms with E-state index in [1.54, 1.807) is 0 Å². The number of hydrogen-bond acceptors (Lipinski definition) is 0. The first-order chi connectivity index (χ1) is 11.7. The van der Waals surface area contributed by atoms with Crippen LogP contribution in [-0.4, -0.2) is 0 Å². The smallest absolute Gasteiger partial charge is 0.162 e. The van der Waals surface area contributed by atoms with Crippen LogP contribution in [0, 0.1) is 13.8 Å². The van der Waals surface area contributed by atoms with Crippen LogP contribution in [0.15, 0.2) is 84.9 Å². The predicted octanol–water partition coefficient (Wildman–Crippen LogP) is 5.35. The van der Waals surface area contributed by atoms with Crippen LogP contribution in [0.2, 0.25) is 0 Å². The second-order valence-corrected chi connectivity index (χ2v) is 6.22. The van der Waals surface area contributed by atoms with Gasteiger partial charge in [-0.25, -0.2) is 0 Å². The molecule has 0 aliphatic heterocycles. The summed E-state index contributed by atoms with van der Waals surface area (Å²) in [7, 11) is 0. The fourth-order valence-corrected chi connectivity index (χ4v) is 3.51. The van der Waals surface area contributed by atoms with E-state index in [2.05, 4.69) is 103 Å². The van der Waals surface area contributed by atoms with Gasteiger partial charge in [-0.3, -0.25) is 0 Å². The zero-order valence-corrected chi connectivity index (χ0v) is 14.0. The van der Waals surface area contributed by atoms with Crippen LogP contribution < -0.4 is 4.57 Å². The van der Waals surface area contributed by atoms with Crippen molar-refractivity contribution in [3.8, 4) is 27.9 Å². The van der Waals surface area contributed by atoms with Crippen molar-refractivity contribution in [2.75, 3.05) is 0 Å². The first-order valence-corrected chi connectivity index (χ1v) is 8.31. The maximum absolute atomic E-state index is 2.30. The Labute approximate surface area is 143 Å². The van der Waals surface area contributed by atoms with E-state index in [-0.39, 0.29) is 0 Å². The summed E-state index contributed by atoms with van der Waals surface area (Å²) in [5, 5.41) is 0. The summed E-state index contributed by atoms with van der Waals surface area (Å²) in [5.74, 6) is 0. The molecule has 1 heterocycles. The molecule has 2 aliphatic rings. The van der Waals surface area contributed by atoms with E-state index in [9.17, 15) is 0 Å². The molecule has 2 aromatic rings. The second kappa shape index (κ2) is 5.93. The molecular formula is C23H20N+. The van der Waals surface area contributed by atoms with Gasteiger partial charge in [0.05, 0.1) is 0 Å². The van der Waals surface area contributed by atoms with Crippen molar-refractivity contribution in [1.82, 2.24) is 0 Å². The fraction of sp³-hybridized carbons (Fsp3) is 0.0870. The quantitative estimate of drug-likeness (QED) is 0.439. The fourth-order valence-electron chi connectivity index (χ4n) is 3.51. The number of hydrogen-bond donors (Lipinski definition) is 0. The molecule has 0 atom stereocenters. The van der Waals surface area contributed by atoms with Crippen molar-refractivity contribution in [2.45, 2.75) is 13.8 Å². The van der Waals surface area contributed by atoms with Crippen LogP contribution in [0.4, 0.5) is 0 Å². The van der Waals surface area contributed by atoms with Gasteiger partial charge in [0.1, 0.15) is 0 Å². The lowest BCUT2D eigenvalue weighted by atomic mass is 10.0. The van der Waals surface area contributed by atoms with Crippen molar-refractivity contribution in [3.05, 3.63) is 96.3 Å². The van der Waals surface area contributed by atoms with Crippen LogP contribution in [0.3, 0.4) is 0 Å². The van der Waals surface area contributed by atoms with Crippen molar-refractivity contribution >= 4 is 0 Å². The number of benzene rings is 1. The molecule has 2 aliphatic carbocycles. The van der Waals surface area contributed by atoms with E-state index >= 15 is 0 Å². The van der Waals surface area contributed by atoms with Gasteiger partial charge in [0, 0.05) is 38.1 Å². The van der Waals surface area contributed by atoms with Gasteiger partial charge in [-0.2, -0.15) is 4.57 Å². The number of aryl methyl sites for hydroxylation is 2. The number of para-hydroxylation sites is 1. The Kier molecular flexibility index (Phi) is 3.62. The third-order valence-electron chi connectivity index (χ3n) is 4.55. The van der Waals surface area contributed by atoms with E-state index < -0.39 is 0 Å². The van der Waals surface area contributed by atoms with E-state index in [1.165, 1.54) is 39.3 Å². The number of fused-ring (bicyclic) bond motifs is 1. The summed E-state index contributed by atoms with van der Waals surface area (Å²) in [6, 6.07) is 30.2. The van der Waals surface area contributed by atoms with Gasteiger partial charge < -0.3 is 0 Å². The molecule has 0 radical (unpaired) electrons. The molecule has 0 fully saturated rings. The lowest BCUT2D eigenvalue weighted by molar-refractivity contribution is -0.609. The molecule has 0 unspecified atom stereocenters. The Morgan fingerprint density at radius 2 is 1.12 bits per heavy atom. The van der Waals surface area contributed by atoms with Gasteiger partial charge in [0.15, 0.2) is 11.4 Å². The van der Waals surface area contributed by atoms with Crippen LogP contribution in [0.25, 0.3) is 27.9 Å². The number of aromatic nitrogens is 1. The zero-order chi connectivity index (χ0) is 16.5. The van der Waals surface area contributed by atoms with E-state index in [1.807, 2.05) is 0 Å². The minimum atomic E-state index is 1.21. The molecule has 0 saturated heterocycles. The van der Waals surface area contributed by atoms with Gasteiger partial charge in [-0.05, 0) is 22.3 Å². The molecule has 1 aromatic heterocycles. The number of nitrogens with zero attached hydrogens (tertiary/aromatic N) is 1. The molecule has 1 aromatic carbocycles. The standard InChI is InChI=1S/C23H20N/c1-17-15-20(16-18(2)24(17)21-10-6-4-7-11-21)23-14-13-19-9-5-3-8-12-22(19)23/h3-16H,1-2H3/q+1. The molecule has 0 saturated carbocycles. The molecule has 1 heteroatoms. The summed E-state index contributed by atoms with van der Waals surface area (Å²) >= 11 is 0. The van der Waals surface area contributed by atoms with E-state index in [4.69, 9.17) is 0 Å². The highest BCUT2D eigenvalue weighted by Crippen LogP contribution is 2.35. The summed E-state index contributed by atoms with van der Waals surface area (Å²) in [5.41, 5.74) is 8.85. The van der Waals surface area contributed by atoms with E-state index in [0.29, 0.717) is 0 Å². The Morgan fingerprint density at radius 3 is 1.83 bits per heavy atom. The molecule has 116 valence electrons. The SMILES string of the molecule is Cc1cc(-c2ccc3cccccc2-3)cc(C)[n+]1-c1ccccc1. The molecule has 4 rings (SSSR count). The third kappa shape index (κ3) is 2.48. The second-order valence-electron chi connectivity index (χ2n) is 6.22. The molecule has 0 amide bonds. The van der Waals surface area contributed by atoms with Crippen LogP contribution >= 0.6 is 0 Å². The average Bonchev–Trinajstić information content (AvgIpc) is 2.84. The van der Waals surface area contributed by atoms with Gasteiger partial charge >= 0.3 is 0 Å². The average molecular weight is 310 g/mol. The highest BCUT2D eigenvalue weighted by atomic mass is 15.0. The normalized spacial score (nSPS) is 10.9. The highest BCUT2D eigenvalue weighted by molar-refractivity contribution is 5.86. The van der Waals surface area contributed by atoms with Gasteiger partial charge in [0.2, 0.25) is 5.69 Å². The summed E-state index contributed by atoms with van der Waals surface area (Å²) < 4.78 is 2.30. The Balaban J connectivity index is 1.87. The van der Waals surface area contributed by atoms with Crippen molar-refractivity contribution in [1.29, 1.82) is 0 Å². The maximum Gasteiger partial charge on any atom is 0.211 e. The first kappa shape index (κ1) is 14.6. The highest BCUT2D eigenvalue weighted by Gasteiger charge is 2.18. The minimum Gasteiger partial charge on any atom is -0.162 e. The topological polar surface area (TPSA) is 3.88 Å². The monoisotopic (exact) mass is 310 g/mol. The van der Waals surface area contributed by atoms with Gasteiger partial charge in [-0.15, -0.1) is 0 Å². The number of pyridine rings is 1. The summed E-state index contributed by atoms with van der Waals surface area (Å²) in [6.07, 6.45) is 0. The maximum atomic E-state index is 2.30. The summed E-state index contributed by atoms with van der Waals surface area (Å²) in [4.78, 5) is 0. The van der Waals surface area contributed by atoms with Gasteiger partial charge in [0.25, 0.3) is 0 Å². The lowest BCUT2D eigenvalue weighted by Crippen LogP contribution is -2.37.